The van der Waals surface area contributed by atoms with Gasteiger partial charge < -0.3 is 18.1 Å². The number of rotatable bonds is 12. The highest BCUT2D eigenvalue weighted by atomic mass is 35.5. The third kappa shape index (κ3) is 14.2. The number of hydrogen-bond donors (Lipinski definition) is 0. The Morgan fingerprint density at radius 3 is 0.981 bits per heavy atom. The van der Waals surface area contributed by atoms with Gasteiger partial charge in [0.1, 0.15) is 11.0 Å². The molecule has 18 aromatic rings. The van der Waals surface area contributed by atoms with E-state index in [2.05, 4.69) is 60.8 Å². The Balaban J connectivity index is 0.000000126. The lowest BCUT2D eigenvalue weighted by Crippen LogP contribution is -2.41. The van der Waals surface area contributed by atoms with Crippen LogP contribution >= 0.6 is 11.6 Å². The Hall–Kier alpha value is -13.4. The fourth-order valence-corrected chi connectivity index (χ4v) is 12.9. The van der Waals surface area contributed by atoms with Crippen LogP contribution in [0, 0.1) is 0 Å². The number of oxazole rings is 2. The number of halogens is 1. The van der Waals surface area contributed by atoms with Gasteiger partial charge in [0.05, 0.1) is 33.6 Å². The van der Waals surface area contributed by atoms with E-state index in [-0.39, 0.29) is 23.6 Å². The van der Waals surface area contributed by atoms with E-state index in [9.17, 15) is 0 Å². The monoisotopic (exact) mass is 1420 g/mol. The van der Waals surface area contributed by atoms with Crippen LogP contribution in [0.5, 0.6) is 0 Å². The van der Waals surface area contributed by atoms with Gasteiger partial charge in [0.15, 0.2) is 51.9 Å². The van der Waals surface area contributed by atoms with E-state index < -0.39 is 0 Å². The van der Waals surface area contributed by atoms with Crippen molar-refractivity contribution in [2.24, 2.45) is 0 Å². The van der Waals surface area contributed by atoms with Gasteiger partial charge in [0.25, 0.3) is 0 Å². The van der Waals surface area contributed by atoms with Gasteiger partial charge in [0.2, 0.25) is 17.1 Å². The number of fused-ring (bicyclic) bond motifs is 4. The van der Waals surface area contributed by atoms with Crippen LogP contribution in [0.25, 0.3) is 169 Å². The molecule has 0 amide bonds. The first kappa shape index (κ1) is 67.7. The maximum atomic E-state index is 6.25. The Labute approximate surface area is 627 Å². The number of para-hydroxylation sites is 6. The third-order valence-electron chi connectivity index (χ3n) is 19.0. The number of aromatic nitrogens is 12. The summed E-state index contributed by atoms with van der Waals surface area (Å²) in [4.78, 5) is 57.5. The molecule has 108 heavy (non-hydrogen) atoms. The zero-order valence-corrected chi connectivity index (χ0v) is 59.7. The molecule has 0 aliphatic carbocycles. The standard InChI is InChI=1S/C42H26N6O.C29H18ClN5.C19H20BNO3/c1-3-13-27(14-4-1)38-46-39(28-15-5-2-6-16-28)48-41(47-38)30-18-11-17-29(25-30)37-33-21-7-8-22-34(33)43-40(45-37)31-19-12-20-32(26-31)42-44-35-23-9-10-24-36(35)49-42;30-29-31-24-17-8-7-16-23(24)25(32-29)21-14-9-15-22(18-21)28-34-26(19-10-3-1-4-11-19)33-27(35-28)20-12-5-2-6-13-20;1-18(2)19(3,4)24-20(23-18)14-9-7-8-13(12-14)17-21-15-10-5-6-11-16(15)22-17/h1-26H;1-18H;5-12H,1-4H3. The van der Waals surface area contributed by atoms with Gasteiger partial charge in [-0.25, -0.2) is 59.8 Å². The van der Waals surface area contributed by atoms with Crippen LogP contribution in [0.4, 0.5) is 0 Å². The molecule has 0 radical (unpaired) electrons. The highest BCUT2D eigenvalue weighted by Crippen LogP contribution is 2.39. The lowest BCUT2D eigenvalue weighted by molar-refractivity contribution is 0.00578. The molecule has 0 saturated carbocycles. The summed E-state index contributed by atoms with van der Waals surface area (Å²) >= 11 is 6.25. The molecule has 1 aliphatic rings. The molecule has 0 spiro atoms. The Kier molecular flexibility index (Phi) is 18.3. The molecule has 1 aliphatic heterocycles. The first-order valence-corrected chi connectivity index (χ1v) is 35.7. The lowest BCUT2D eigenvalue weighted by Gasteiger charge is -2.32. The topological polar surface area (TPSA) is 199 Å². The summed E-state index contributed by atoms with van der Waals surface area (Å²) in [6.07, 6.45) is 0. The molecule has 0 unspecified atom stereocenters. The second-order valence-corrected chi connectivity index (χ2v) is 27.1. The predicted octanol–water partition coefficient (Wildman–Crippen LogP) is 20.9. The van der Waals surface area contributed by atoms with Crippen molar-refractivity contribution in [1.82, 2.24) is 59.8 Å². The largest absolute Gasteiger partial charge is 0.494 e. The van der Waals surface area contributed by atoms with E-state index in [4.69, 9.17) is 74.6 Å². The highest BCUT2D eigenvalue weighted by molar-refractivity contribution is 6.62. The summed E-state index contributed by atoms with van der Waals surface area (Å²) in [5.74, 6) is 5.41. The predicted molar refractivity (Wildman–Crippen MR) is 428 cm³/mol. The van der Waals surface area contributed by atoms with Crippen molar-refractivity contribution in [1.29, 1.82) is 0 Å². The second kappa shape index (κ2) is 29.2. The lowest BCUT2D eigenvalue weighted by atomic mass is 9.78. The van der Waals surface area contributed by atoms with Gasteiger partial charge >= 0.3 is 7.12 Å². The van der Waals surface area contributed by atoms with Gasteiger partial charge in [-0.2, -0.15) is 0 Å². The average Bonchev–Trinajstić information content (AvgIpc) is 1.71. The third-order valence-corrected chi connectivity index (χ3v) is 19.1. The van der Waals surface area contributed by atoms with E-state index >= 15 is 0 Å². The molecular weight excluding hydrogens is 1360 g/mol. The summed E-state index contributed by atoms with van der Waals surface area (Å²) in [6.45, 7) is 8.21. The minimum atomic E-state index is -0.390. The second-order valence-electron chi connectivity index (χ2n) is 26.8. The molecule has 16 nitrogen and oxygen atoms in total. The molecule has 6 aromatic heterocycles. The minimum Gasteiger partial charge on any atom is -0.436 e. The van der Waals surface area contributed by atoms with E-state index in [1.165, 1.54) is 0 Å². The molecular formula is C90H64BClN12O4. The molecule has 19 rings (SSSR count). The van der Waals surface area contributed by atoms with Crippen molar-refractivity contribution in [3.8, 4) is 125 Å². The van der Waals surface area contributed by atoms with Crippen molar-refractivity contribution >= 4 is 68.2 Å². The van der Waals surface area contributed by atoms with Gasteiger partial charge in [-0.15, -0.1) is 0 Å². The normalized spacial score (nSPS) is 12.9. The molecule has 1 saturated heterocycles. The minimum absolute atomic E-state index is 0.210. The number of benzene rings is 12. The molecule has 0 atom stereocenters. The molecule has 18 heteroatoms. The van der Waals surface area contributed by atoms with Crippen molar-refractivity contribution in [2.45, 2.75) is 38.9 Å². The Morgan fingerprint density at radius 2 is 0.556 bits per heavy atom. The first-order chi connectivity index (χ1) is 52.8. The summed E-state index contributed by atoms with van der Waals surface area (Å²) in [5, 5.41) is 2.09. The highest BCUT2D eigenvalue weighted by Gasteiger charge is 2.51. The summed E-state index contributed by atoms with van der Waals surface area (Å²) in [5.41, 5.74) is 16.6. The van der Waals surface area contributed by atoms with Crippen LogP contribution in [0.2, 0.25) is 5.28 Å². The summed E-state index contributed by atoms with van der Waals surface area (Å²) < 4.78 is 24.2. The first-order valence-electron chi connectivity index (χ1n) is 35.3. The van der Waals surface area contributed by atoms with Gasteiger partial charge in [-0.3, -0.25) is 0 Å². The van der Waals surface area contributed by atoms with Gasteiger partial charge in [0, 0.05) is 72.0 Å². The number of nitrogens with zero attached hydrogens (tertiary/aromatic N) is 12. The maximum absolute atomic E-state index is 6.25. The molecule has 12 aromatic carbocycles. The zero-order valence-electron chi connectivity index (χ0n) is 59.0. The van der Waals surface area contributed by atoms with Crippen molar-refractivity contribution in [3.05, 3.63) is 321 Å². The van der Waals surface area contributed by atoms with Crippen LogP contribution in [-0.4, -0.2) is 78.1 Å². The maximum Gasteiger partial charge on any atom is 0.494 e. The van der Waals surface area contributed by atoms with Crippen molar-refractivity contribution in [3.63, 3.8) is 0 Å². The van der Waals surface area contributed by atoms with Gasteiger partial charge in [-0.05, 0) is 118 Å². The quantitative estimate of drug-likeness (QED) is 0.0825. The van der Waals surface area contributed by atoms with Crippen LogP contribution in [0.15, 0.2) is 324 Å². The van der Waals surface area contributed by atoms with Crippen molar-refractivity contribution < 1.29 is 18.1 Å². The Morgan fingerprint density at radius 1 is 0.250 bits per heavy atom. The molecule has 0 N–H and O–H groups in total. The SMILES string of the molecule is CC1(C)OB(c2cccc(-c3nc4ccccc4o3)c2)OC1(C)C.Clc1nc(-c2cccc(-c3nc(-c4ccccc4)nc(-c4ccccc4)n3)c2)c2ccccc2n1.c1ccc(-c2nc(-c3ccccc3)nc(-c3cccc(-c4nc(-c5cccc(-c6nc7ccccc7o6)c5)nc5ccccc45)c3)n2)cc1. The molecule has 1 fully saturated rings. The molecule has 518 valence electrons. The van der Waals surface area contributed by atoms with Crippen LogP contribution in [0.1, 0.15) is 27.7 Å². The van der Waals surface area contributed by atoms with Crippen LogP contribution in [-0.2, 0) is 9.31 Å². The fourth-order valence-electron chi connectivity index (χ4n) is 12.8. The summed E-state index contributed by atoms with van der Waals surface area (Å²) in [7, 11) is -0.390. The van der Waals surface area contributed by atoms with Crippen LogP contribution < -0.4 is 5.46 Å². The van der Waals surface area contributed by atoms with Gasteiger partial charge in [-0.1, -0.05) is 243 Å². The van der Waals surface area contributed by atoms with E-state index in [1.54, 1.807) is 0 Å². The smallest absolute Gasteiger partial charge is 0.436 e. The van der Waals surface area contributed by atoms with E-state index in [1.807, 2.05) is 297 Å². The van der Waals surface area contributed by atoms with Crippen LogP contribution in [0.3, 0.4) is 0 Å². The zero-order chi connectivity index (χ0) is 73.1. The molecule has 7 heterocycles. The Bertz CT molecular complexity index is 6130. The molecule has 0 bridgehead atoms. The van der Waals surface area contributed by atoms with Crippen molar-refractivity contribution in [2.75, 3.05) is 0 Å². The average molecular weight is 1420 g/mol. The fraction of sp³-hybridized carbons (Fsp3) is 0.0667. The van der Waals surface area contributed by atoms with E-state index in [0.29, 0.717) is 52.6 Å². The van der Waals surface area contributed by atoms with E-state index in [0.717, 1.165) is 122 Å². The summed E-state index contributed by atoms with van der Waals surface area (Å²) in [6, 6.07) is 103. The number of hydrogen-bond acceptors (Lipinski definition) is 16.